The van der Waals surface area contributed by atoms with Gasteiger partial charge in [-0.25, -0.2) is 0 Å². The Balaban J connectivity index is 1.83. The zero-order valence-corrected chi connectivity index (χ0v) is 14.1. The molecule has 2 aromatic rings. The number of rotatable bonds is 2. The number of benzene rings is 2. The predicted octanol–water partition coefficient (Wildman–Crippen LogP) is 3.94. The first kappa shape index (κ1) is 15.5. The lowest BCUT2D eigenvalue weighted by molar-refractivity contribution is -0.127. The lowest BCUT2D eigenvalue weighted by atomic mass is 9.99. The van der Waals surface area contributed by atoms with Crippen LogP contribution < -0.4 is 0 Å². The Morgan fingerprint density at radius 2 is 1.96 bits per heavy atom. The first-order valence-electron chi connectivity index (χ1n) is 7.41. The van der Waals surface area contributed by atoms with E-state index in [1.54, 1.807) is 11.0 Å². The number of hydrogen-bond acceptors (Lipinski definition) is 2. The molecule has 0 saturated carbocycles. The monoisotopic (exact) mass is 366 g/mol. The van der Waals surface area contributed by atoms with E-state index in [1.807, 2.05) is 48.5 Å². The van der Waals surface area contributed by atoms with Gasteiger partial charge in [0.25, 0.3) is 5.91 Å². The van der Waals surface area contributed by atoms with Crippen LogP contribution >= 0.6 is 15.9 Å². The van der Waals surface area contributed by atoms with Gasteiger partial charge in [-0.05, 0) is 41.3 Å². The van der Waals surface area contributed by atoms with Gasteiger partial charge in [-0.1, -0.05) is 52.3 Å². The summed E-state index contributed by atoms with van der Waals surface area (Å²) in [5.41, 5.74) is 3.45. The van der Waals surface area contributed by atoms with Crippen molar-refractivity contribution in [2.45, 2.75) is 13.0 Å². The second-order valence-corrected chi connectivity index (χ2v) is 6.39. The average Bonchev–Trinajstić information content (AvgIpc) is 2.58. The molecule has 2 aromatic carbocycles. The van der Waals surface area contributed by atoms with Crippen molar-refractivity contribution >= 4 is 27.9 Å². The molecule has 0 saturated heterocycles. The second kappa shape index (κ2) is 6.80. The van der Waals surface area contributed by atoms with Gasteiger partial charge >= 0.3 is 0 Å². The van der Waals surface area contributed by atoms with Crippen molar-refractivity contribution in [1.29, 1.82) is 5.26 Å². The molecule has 23 heavy (non-hydrogen) atoms. The second-order valence-electron chi connectivity index (χ2n) is 5.47. The van der Waals surface area contributed by atoms with Crippen molar-refractivity contribution in [2.24, 2.45) is 0 Å². The van der Waals surface area contributed by atoms with E-state index in [9.17, 15) is 10.1 Å². The van der Waals surface area contributed by atoms with Gasteiger partial charge in [-0.2, -0.15) is 5.26 Å². The topological polar surface area (TPSA) is 44.1 Å². The molecule has 0 aromatic heterocycles. The lowest BCUT2D eigenvalue weighted by Gasteiger charge is -2.28. The van der Waals surface area contributed by atoms with Crippen LogP contribution in [0.1, 0.15) is 16.7 Å². The van der Waals surface area contributed by atoms with Crippen molar-refractivity contribution in [3.8, 4) is 6.07 Å². The van der Waals surface area contributed by atoms with Gasteiger partial charge in [0, 0.05) is 17.6 Å². The Morgan fingerprint density at radius 1 is 1.17 bits per heavy atom. The van der Waals surface area contributed by atoms with Gasteiger partial charge in [-0.3, -0.25) is 4.79 Å². The summed E-state index contributed by atoms with van der Waals surface area (Å²) in [7, 11) is 0. The first-order valence-corrected chi connectivity index (χ1v) is 8.20. The van der Waals surface area contributed by atoms with E-state index in [0.29, 0.717) is 13.1 Å². The van der Waals surface area contributed by atoms with Crippen LogP contribution in [0.15, 0.2) is 58.6 Å². The van der Waals surface area contributed by atoms with Gasteiger partial charge < -0.3 is 4.90 Å². The van der Waals surface area contributed by atoms with E-state index in [0.717, 1.165) is 22.0 Å². The number of carbonyl (C=O) groups is 1. The smallest absolute Gasteiger partial charge is 0.264 e. The number of nitrogens with zero attached hydrogens (tertiary/aromatic N) is 2. The van der Waals surface area contributed by atoms with Crippen LogP contribution in [0.5, 0.6) is 0 Å². The Labute approximate surface area is 144 Å². The highest BCUT2D eigenvalue weighted by Crippen LogP contribution is 2.21. The van der Waals surface area contributed by atoms with Crippen LogP contribution in [0.4, 0.5) is 0 Å². The summed E-state index contributed by atoms with van der Waals surface area (Å²) >= 11 is 3.40. The summed E-state index contributed by atoms with van der Waals surface area (Å²) in [6, 6.07) is 17.7. The molecule has 0 unspecified atom stereocenters. The third kappa shape index (κ3) is 3.52. The number of amides is 1. The van der Waals surface area contributed by atoms with Crippen molar-refractivity contribution in [3.63, 3.8) is 0 Å². The molecule has 114 valence electrons. The van der Waals surface area contributed by atoms with E-state index < -0.39 is 0 Å². The van der Waals surface area contributed by atoms with Gasteiger partial charge in [0.15, 0.2) is 0 Å². The van der Waals surface area contributed by atoms with Gasteiger partial charge in [0.05, 0.1) is 0 Å². The fraction of sp³-hybridized carbons (Fsp3) is 0.158. The Morgan fingerprint density at radius 3 is 2.70 bits per heavy atom. The van der Waals surface area contributed by atoms with Gasteiger partial charge in [0.1, 0.15) is 11.6 Å². The molecule has 0 bridgehead atoms. The molecule has 0 fully saturated rings. The molecule has 1 aliphatic heterocycles. The zero-order valence-electron chi connectivity index (χ0n) is 12.5. The van der Waals surface area contributed by atoms with Gasteiger partial charge in [-0.15, -0.1) is 0 Å². The van der Waals surface area contributed by atoms with Crippen molar-refractivity contribution in [3.05, 3.63) is 75.3 Å². The van der Waals surface area contributed by atoms with Crippen LogP contribution in [0.3, 0.4) is 0 Å². The molecule has 0 N–H and O–H groups in total. The van der Waals surface area contributed by atoms with Gasteiger partial charge in [0.2, 0.25) is 0 Å². The maximum absolute atomic E-state index is 12.7. The highest BCUT2D eigenvalue weighted by Gasteiger charge is 2.23. The molecule has 1 heterocycles. The standard InChI is InChI=1S/C19H15BrN2O/c20-18-7-3-4-14(11-18)10-17(12-21)19(23)22-9-8-15-5-1-2-6-16(15)13-22/h1-7,10-11H,8-9,13H2/b17-10+. The lowest BCUT2D eigenvalue weighted by Crippen LogP contribution is -2.36. The zero-order chi connectivity index (χ0) is 16.2. The molecule has 0 spiro atoms. The minimum Gasteiger partial charge on any atom is -0.333 e. The van der Waals surface area contributed by atoms with Crippen molar-refractivity contribution in [1.82, 2.24) is 4.90 Å². The minimum atomic E-state index is -0.207. The summed E-state index contributed by atoms with van der Waals surface area (Å²) in [5.74, 6) is -0.207. The largest absolute Gasteiger partial charge is 0.333 e. The van der Waals surface area contributed by atoms with Crippen molar-refractivity contribution < 1.29 is 4.79 Å². The van der Waals surface area contributed by atoms with E-state index >= 15 is 0 Å². The van der Waals surface area contributed by atoms with Crippen LogP contribution in [-0.2, 0) is 17.8 Å². The molecule has 3 nitrogen and oxygen atoms in total. The van der Waals surface area contributed by atoms with Crippen LogP contribution in [0.25, 0.3) is 6.08 Å². The first-order chi connectivity index (χ1) is 11.2. The maximum Gasteiger partial charge on any atom is 0.264 e. The van der Waals surface area contributed by atoms with Crippen molar-refractivity contribution in [2.75, 3.05) is 6.54 Å². The van der Waals surface area contributed by atoms with Crippen LogP contribution in [-0.4, -0.2) is 17.4 Å². The highest BCUT2D eigenvalue weighted by atomic mass is 79.9. The SMILES string of the molecule is N#C/C(=C\c1cccc(Br)c1)C(=O)N1CCc2ccccc2C1. The minimum absolute atomic E-state index is 0.169. The molecular formula is C19H15BrN2O. The van der Waals surface area contributed by atoms with E-state index in [-0.39, 0.29) is 11.5 Å². The molecule has 1 aliphatic rings. The number of nitriles is 1. The van der Waals surface area contributed by atoms with E-state index in [4.69, 9.17) is 0 Å². The summed E-state index contributed by atoms with van der Waals surface area (Å²) in [6.45, 7) is 1.21. The molecule has 1 amide bonds. The van der Waals surface area contributed by atoms with E-state index in [2.05, 4.69) is 22.0 Å². The maximum atomic E-state index is 12.7. The Hall–Kier alpha value is -2.38. The normalized spacial score (nSPS) is 14.1. The number of halogens is 1. The summed E-state index contributed by atoms with van der Waals surface area (Å²) in [6.07, 6.45) is 2.48. The van der Waals surface area contributed by atoms with Crippen LogP contribution in [0, 0.1) is 11.3 Å². The van der Waals surface area contributed by atoms with Crippen LogP contribution in [0.2, 0.25) is 0 Å². The third-order valence-electron chi connectivity index (χ3n) is 3.93. The fourth-order valence-electron chi connectivity index (χ4n) is 2.74. The molecule has 0 radical (unpaired) electrons. The average molecular weight is 367 g/mol. The Kier molecular flexibility index (Phi) is 4.59. The van der Waals surface area contributed by atoms with E-state index in [1.165, 1.54) is 5.56 Å². The quantitative estimate of drug-likeness (QED) is 0.596. The summed E-state index contributed by atoms with van der Waals surface area (Å²) < 4.78 is 0.919. The summed E-state index contributed by atoms with van der Waals surface area (Å²) in [4.78, 5) is 14.4. The number of fused-ring (bicyclic) bond motifs is 1. The molecule has 0 aliphatic carbocycles. The Bertz CT molecular complexity index is 820. The highest BCUT2D eigenvalue weighted by molar-refractivity contribution is 9.10. The number of hydrogen-bond donors (Lipinski definition) is 0. The molecule has 3 rings (SSSR count). The third-order valence-corrected chi connectivity index (χ3v) is 4.42. The number of carbonyl (C=O) groups excluding carboxylic acids is 1. The predicted molar refractivity (Wildman–Crippen MR) is 93.3 cm³/mol. The molecule has 4 heteroatoms. The fourth-order valence-corrected chi connectivity index (χ4v) is 3.16. The molecular weight excluding hydrogens is 352 g/mol. The molecule has 0 atom stereocenters. The summed E-state index contributed by atoms with van der Waals surface area (Å²) in [5, 5.41) is 9.38.